The maximum absolute atomic E-state index is 11.4. The molecule has 1 aliphatic heterocycles. The fourth-order valence-corrected chi connectivity index (χ4v) is 1.57. The van der Waals surface area contributed by atoms with Gasteiger partial charge in [-0.05, 0) is 12.1 Å². The van der Waals surface area contributed by atoms with Gasteiger partial charge in [-0.1, -0.05) is 12.1 Å². The molecule has 0 radical (unpaired) electrons. The number of aliphatic hydroxyl groups excluding tert-OH is 1. The van der Waals surface area contributed by atoms with Gasteiger partial charge in [0, 0.05) is 0 Å². The van der Waals surface area contributed by atoms with Gasteiger partial charge in [-0.25, -0.2) is 4.79 Å². The zero-order chi connectivity index (χ0) is 12.4. The number of hydrogen-bond acceptors (Lipinski definition) is 5. The number of carbonyl (C=O) groups is 2. The Morgan fingerprint density at radius 1 is 1.35 bits per heavy atom. The molecule has 1 N–H and O–H groups in total. The van der Waals surface area contributed by atoms with E-state index in [1.165, 1.54) is 7.11 Å². The van der Waals surface area contributed by atoms with Crippen LogP contribution in [-0.4, -0.2) is 30.6 Å². The van der Waals surface area contributed by atoms with Crippen LogP contribution in [0, 0.1) is 0 Å². The van der Waals surface area contributed by atoms with E-state index in [9.17, 15) is 14.7 Å². The Hall–Kier alpha value is -2.30. The molecule has 0 aromatic heterocycles. The summed E-state index contributed by atoms with van der Waals surface area (Å²) in [4.78, 5) is 22.3. The predicted octanol–water partition coefficient (Wildman–Crippen LogP) is 1.09. The van der Waals surface area contributed by atoms with E-state index in [0.717, 1.165) is 0 Å². The second kappa shape index (κ2) is 4.29. The topological polar surface area (TPSA) is 72.8 Å². The van der Waals surface area contributed by atoms with Crippen molar-refractivity contribution >= 4 is 17.5 Å². The summed E-state index contributed by atoms with van der Waals surface area (Å²) < 4.78 is 9.60. The minimum Gasteiger partial charge on any atom is -0.507 e. The second-order valence-corrected chi connectivity index (χ2v) is 3.43. The van der Waals surface area contributed by atoms with Crippen molar-refractivity contribution in [3.05, 3.63) is 35.4 Å². The Morgan fingerprint density at radius 3 is 2.65 bits per heavy atom. The highest BCUT2D eigenvalue weighted by molar-refractivity contribution is 6.43. The van der Waals surface area contributed by atoms with Crippen LogP contribution in [0.1, 0.15) is 5.56 Å². The number of hydrogen-bond donors (Lipinski definition) is 1. The van der Waals surface area contributed by atoms with Gasteiger partial charge < -0.3 is 14.6 Å². The Balaban J connectivity index is 2.50. The number of esters is 1. The number of benzene rings is 1. The largest absolute Gasteiger partial charge is 0.507 e. The van der Waals surface area contributed by atoms with Crippen molar-refractivity contribution < 1.29 is 24.2 Å². The van der Waals surface area contributed by atoms with E-state index in [0.29, 0.717) is 11.3 Å². The van der Waals surface area contributed by atoms with Crippen LogP contribution < -0.4 is 4.74 Å². The van der Waals surface area contributed by atoms with Gasteiger partial charge in [0.25, 0.3) is 5.78 Å². The zero-order valence-corrected chi connectivity index (χ0v) is 9.10. The Bertz CT molecular complexity index is 515. The summed E-state index contributed by atoms with van der Waals surface area (Å²) in [5, 5.41) is 9.97. The first-order valence-electron chi connectivity index (χ1n) is 4.92. The molecule has 0 amide bonds. The van der Waals surface area contributed by atoms with Gasteiger partial charge in [-0.3, -0.25) is 4.79 Å². The monoisotopic (exact) mass is 234 g/mol. The number of ether oxygens (including phenoxy) is 2. The van der Waals surface area contributed by atoms with Crippen molar-refractivity contribution in [2.75, 3.05) is 13.7 Å². The van der Waals surface area contributed by atoms with E-state index in [4.69, 9.17) is 4.74 Å². The lowest BCUT2D eigenvalue weighted by molar-refractivity contribution is -0.146. The van der Waals surface area contributed by atoms with E-state index in [1.807, 2.05) is 0 Å². The van der Waals surface area contributed by atoms with Crippen molar-refractivity contribution in [2.45, 2.75) is 0 Å². The number of cyclic esters (lactones) is 1. The van der Waals surface area contributed by atoms with E-state index in [2.05, 4.69) is 4.74 Å². The Morgan fingerprint density at radius 2 is 2.06 bits per heavy atom. The zero-order valence-electron chi connectivity index (χ0n) is 9.10. The summed E-state index contributed by atoms with van der Waals surface area (Å²) in [5.41, 5.74) is 0.316. The van der Waals surface area contributed by atoms with Crippen molar-refractivity contribution in [3.8, 4) is 5.75 Å². The Kier molecular flexibility index (Phi) is 2.82. The molecule has 0 unspecified atom stereocenters. The van der Waals surface area contributed by atoms with Gasteiger partial charge in [-0.2, -0.15) is 0 Å². The molecule has 1 heterocycles. The van der Waals surface area contributed by atoms with Crippen LogP contribution in [0.15, 0.2) is 29.8 Å². The van der Waals surface area contributed by atoms with Crippen molar-refractivity contribution in [1.29, 1.82) is 0 Å². The van der Waals surface area contributed by atoms with E-state index >= 15 is 0 Å². The van der Waals surface area contributed by atoms with Gasteiger partial charge in [0.2, 0.25) is 0 Å². The number of carbonyl (C=O) groups excluding carboxylic acids is 2. The van der Waals surface area contributed by atoms with Crippen LogP contribution in [0.5, 0.6) is 5.75 Å². The standard InChI is InChI=1S/C12H10O5/c1-16-9-5-3-2-4-7(9)10(13)8-6-17-12(15)11(8)14/h2-5,13H,6H2,1H3/b10-8-. The van der Waals surface area contributed by atoms with Crippen LogP contribution in [0.2, 0.25) is 0 Å². The summed E-state index contributed by atoms with van der Waals surface area (Å²) in [6, 6.07) is 6.67. The predicted molar refractivity (Wildman–Crippen MR) is 58.5 cm³/mol. The summed E-state index contributed by atoms with van der Waals surface area (Å²) in [6.07, 6.45) is 0. The van der Waals surface area contributed by atoms with E-state index in [1.54, 1.807) is 24.3 Å². The number of ketones is 1. The van der Waals surface area contributed by atoms with Gasteiger partial charge in [0.05, 0.1) is 18.2 Å². The number of methoxy groups -OCH3 is 1. The van der Waals surface area contributed by atoms with Crippen molar-refractivity contribution in [3.63, 3.8) is 0 Å². The fraction of sp³-hybridized carbons (Fsp3) is 0.167. The lowest BCUT2D eigenvalue weighted by atomic mass is 10.1. The van der Waals surface area contributed by atoms with Crippen LogP contribution in [0.3, 0.4) is 0 Å². The fourth-order valence-electron chi connectivity index (χ4n) is 1.57. The third-order valence-corrected chi connectivity index (χ3v) is 2.46. The second-order valence-electron chi connectivity index (χ2n) is 3.43. The minimum absolute atomic E-state index is 0.0421. The lowest BCUT2D eigenvalue weighted by Gasteiger charge is -2.08. The van der Waals surface area contributed by atoms with Crippen LogP contribution in [0.4, 0.5) is 0 Å². The molecule has 1 saturated heterocycles. The molecule has 17 heavy (non-hydrogen) atoms. The highest BCUT2D eigenvalue weighted by Crippen LogP contribution is 2.28. The minimum atomic E-state index is -0.943. The van der Waals surface area contributed by atoms with Crippen LogP contribution in [0.25, 0.3) is 5.76 Å². The lowest BCUT2D eigenvalue weighted by Crippen LogP contribution is -2.08. The molecule has 5 heteroatoms. The van der Waals surface area contributed by atoms with Gasteiger partial charge in [0.1, 0.15) is 18.1 Å². The number of aliphatic hydroxyl groups is 1. The average Bonchev–Trinajstić information content (AvgIpc) is 2.69. The quantitative estimate of drug-likeness (QED) is 0.359. The van der Waals surface area contributed by atoms with Crippen LogP contribution in [-0.2, 0) is 14.3 Å². The van der Waals surface area contributed by atoms with Gasteiger partial charge >= 0.3 is 5.97 Å². The molecule has 88 valence electrons. The molecule has 0 bridgehead atoms. The third-order valence-electron chi connectivity index (χ3n) is 2.46. The first kappa shape index (κ1) is 11.2. The SMILES string of the molecule is COc1ccccc1/C(O)=C1\COC(=O)C1=O. The molecule has 0 aliphatic carbocycles. The smallest absolute Gasteiger partial charge is 0.379 e. The molecule has 5 nitrogen and oxygen atoms in total. The summed E-state index contributed by atoms with van der Waals surface area (Å²) in [5.74, 6) is -1.61. The number of Topliss-reactive ketones (excluding diaryl/α,β-unsaturated/α-hetero) is 1. The maximum atomic E-state index is 11.4. The van der Waals surface area contributed by atoms with Crippen molar-refractivity contribution in [1.82, 2.24) is 0 Å². The number of para-hydroxylation sites is 1. The van der Waals surface area contributed by atoms with E-state index < -0.39 is 11.8 Å². The van der Waals surface area contributed by atoms with Crippen molar-refractivity contribution in [2.24, 2.45) is 0 Å². The number of rotatable bonds is 2. The summed E-state index contributed by atoms with van der Waals surface area (Å²) >= 11 is 0. The molecule has 2 rings (SSSR count). The molecular weight excluding hydrogens is 224 g/mol. The average molecular weight is 234 g/mol. The maximum Gasteiger partial charge on any atom is 0.379 e. The van der Waals surface area contributed by atoms with E-state index in [-0.39, 0.29) is 17.9 Å². The Labute approximate surface area is 97.3 Å². The van der Waals surface area contributed by atoms with Gasteiger partial charge in [0.15, 0.2) is 0 Å². The molecule has 1 aromatic carbocycles. The first-order chi connectivity index (χ1) is 8.15. The normalized spacial score (nSPS) is 17.9. The summed E-state index contributed by atoms with van der Waals surface area (Å²) in [7, 11) is 1.45. The summed E-state index contributed by atoms with van der Waals surface area (Å²) in [6.45, 7) is -0.207. The third kappa shape index (κ3) is 1.87. The van der Waals surface area contributed by atoms with Crippen LogP contribution >= 0.6 is 0 Å². The first-order valence-corrected chi connectivity index (χ1v) is 4.92. The molecule has 1 aliphatic rings. The molecule has 0 saturated carbocycles. The molecule has 0 spiro atoms. The molecule has 0 atom stereocenters. The molecule has 1 fully saturated rings. The highest BCUT2D eigenvalue weighted by atomic mass is 16.5. The highest BCUT2D eigenvalue weighted by Gasteiger charge is 2.32. The molecular formula is C12H10O5. The molecule has 1 aromatic rings. The van der Waals surface area contributed by atoms with Gasteiger partial charge in [-0.15, -0.1) is 0 Å².